The number of rotatable bonds is 0. The van der Waals surface area contributed by atoms with Crippen molar-refractivity contribution >= 4 is 0 Å². The SMILES string of the molecule is C[C@]12CC[C@H]3[C@@H](CC=C4[C@H](O)[C@@H](O)CC[C@@]43C)[C@@H]1CC[C@@H]2O. The summed E-state index contributed by atoms with van der Waals surface area (Å²) in [6.45, 7) is 4.62. The van der Waals surface area contributed by atoms with Gasteiger partial charge < -0.3 is 15.3 Å². The molecule has 4 aliphatic carbocycles. The van der Waals surface area contributed by atoms with Crippen LogP contribution in [0.4, 0.5) is 0 Å². The highest BCUT2D eigenvalue weighted by atomic mass is 16.3. The zero-order valence-corrected chi connectivity index (χ0v) is 13.8. The molecule has 22 heavy (non-hydrogen) atoms. The first kappa shape index (κ1) is 15.2. The molecule has 3 fully saturated rings. The highest BCUT2D eigenvalue weighted by molar-refractivity contribution is 5.29. The fourth-order valence-corrected chi connectivity index (χ4v) is 6.69. The quantitative estimate of drug-likeness (QED) is 0.603. The first-order valence-electron chi connectivity index (χ1n) is 9.12. The molecule has 3 nitrogen and oxygen atoms in total. The summed E-state index contributed by atoms with van der Waals surface area (Å²) in [5.41, 5.74) is 1.26. The molecule has 8 atom stereocenters. The summed E-state index contributed by atoms with van der Waals surface area (Å²) in [6.07, 6.45) is 7.97. The van der Waals surface area contributed by atoms with Crippen molar-refractivity contribution in [3.05, 3.63) is 11.6 Å². The van der Waals surface area contributed by atoms with Crippen molar-refractivity contribution in [3.8, 4) is 0 Å². The van der Waals surface area contributed by atoms with Crippen molar-refractivity contribution in [2.24, 2.45) is 28.6 Å². The molecule has 0 aromatic carbocycles. The van der Waals surface area contributed by atoms with Crippen molar-refractivity contribution in [2.75, 3.05) is 0 Å². The van der Waals surface area contributed by atoms with Crippen LogP contribution in [0.2, 0.25) is 0 Å². The van der Waals surface area contributed by atoms with Gasteiger partial charge in [0, 0.05) is 0 Å². The predicted octanol–water partition coefficient (Wildman–Crippen LogP) is 2.64. The van der Waals surface area contributed by atoms with Gasteiger partial charge >= 0.3 is 0 Å². The lowest BCUT2D eigenvalue weighted by Crippen LogP contribution is -2.54. The van der Waals surface area contributed by atoms with E-state index in [0.717, 1.165) is 44.1 Å². The molecule has 0 amide bonds. The average molecular weight is 306 g/mol. The Morgan fingerprint density at radius 3 is 2.50 bits per heavy atom. The van der Waals surface area contributed by atoms with E-state index in [-0.39, 0.29) is 16.9 Å². The molecule has 3 saturated carbocycles. The third kappa shape index (κ3) is 1.79. The van der Waals surface area contributed by atoms with E-state index in [1.54, 1.807) is 0 Å². The molecule has 4 rings (SSSR count). The van der Waals surface area contributed by atoms with Gasteiger partial charge in [-0.25, -0.2) is 0 Å². The van der Waals surface area contributed by atoms with Gasteiger partial charge in [-0.05, 0) is 79.1 Å². The third-order valence-corrected chi connectivity index (χ3v) is 8.12. The molecule has 0 saturated heterocycles. The van der Waals surface area contributed by atoms with Crippen LogP contribution in [0.3, 0.4) is 0 Å². The van der Waals surface area contributed by atoms with E-state index in [4.69, 9.17) is 0 Å². The van der Waals surface area contributed by atoms with E-state index in [2.05, 4.69) is 19.9 Å². The Balaban J connectivity index is 1.70. The molecule has 0 aliphatic heterocycles. The molecular weight excluding hydrogens is 276 g/mol. The normalized spacial score (nSPS) is 57.6. The van der Waals surface area contributed by atoms with Gasteiger partial charge in [-0.2, -0.15) is 0 Å². The fourth-order valence-electron chi connectivity index (χ4n) is 6.69. The van der Waals surface area contributed by atoms with E-state index in [0.29, 0.717) is 24.2 Å². The smallest absolute Gasteiger partial charge is 0.101 e. The number of aliphatic hydroxyl groups excluding tert-OH is 3. The lowest BCUT2D eigenvalue weighted by Gasteiger charge is -2.58. The first-order valence-corrected chi connectivity index (χ1v) is 9.12. The lowest BCUT2D eigenvalue weighted by molar-refractivity contribution is -0.0882. The van der Waals surface area contributed by atoms with E-state index in [9.17, 15) is 15.3 Å². The van der Waals surface area contributed by atoms with Crippen LogP contribution in [0.25, 0.3) is 0 Å². The zero-order chi connectivity index (χ0) is 15.7. The van der Waals surface area contributed by atoms with E-state index in [1.807, 2.05) is 0 Å². The Kier molecular flexibility index (Phi) is 3.32. The van der Waals surface area contributed by atoms with E-state index < -0.39 is 12.2 Å². The van der Waals surface area contributed by atoms with Crippen LogP contribution >= 0.6 is 0 Å². The van der Waals surface area contributed by atoms with Crippen molar-refractivity contribution in [1.82, 2.24) is 0 Å². The highest BCUT2D eigenvalue weighted by Gasteiger charge is 2.59. The maximum absolute atomic E-state index is 10.5. The summed E-state index contributed by atoms with van der Waals surface area (Å²) in [4.78, 5) is 0. The first-order chi connectivity index (χ1) is 10.4. The molecule has 0 heterocycles. The third-order valence-electron chi connectivity index (χ3n) is 8.12. The molecule has 4 aliphatic rings. The largest absolute Gasteiger partial charge is 0.393 e. The number of fused-ring (bicyclic) bond motifs is 5. The Bertz CT molecular complexity index is 501. The monoisotopic (exact) mass is 306 g/mol. The van der Waals surface area contributed by atoms with Gasteiger partial charge in [0.05, 0.1) is 12.2 Å². The van der Waals surface area contributed by atoms with Gasteiger partial charge in [0.1, 0.15) is 6.10 Å². The second-order valence-electron chi connectivity index (χ2n) is 8.88. The minimum atomic E-state index is -0.665. The summed E-state index contributed by atoms with van der Waals surface area (Å²) in [7, 11) is 0. The highest BCUT2D eigenvalue weighted by Crippen LogP contribution is 2.64. The van der Waals surface area contributed by atoms with Crippen LogP contribution in [0.15, 0.2) is 11.6 Å². The fraction of sp³-hybridized carbons (Fsp3) is 0.895. The molecular formula is C19H30O3. The molecule has 3 N–H and O–H groups in total. The minimum Gasteiger partial charge on any atom is -0.393 e. The van der Waals surface area contributed by atoms with E-state index >= 15 is 0 Å². The van der Waals surface area contributed by atoms with Crippen LogP contribution in [0.5, 0.6) is 0 Å². The standard InChI is InChI=1S/C19H30O3/c1-18-10-8-15(20)17(22)14(18)4-3-11-12-5-6-16(21)19(12,2)9-7-13(11)18/h4,11-13,15-17,20-22H,3,5-10H2,1-2H3/t11-,12-,13-,15-,16-,17-,18+,19-/m0/s1. The van der Waals surface area contributed by atoms with Crippen LogP contribution in [-0.2, 0) is 0 Å². The maximum Gasteiger partial charge on any atom is 0.101 e. The van der Waals surface area contributed by atoms with Gasteiger partial charge in [0.2, 0.25) is 0 Å². The molecule has 0 bridgehead atoms. The average Bonchev–Trinajstić information content (AvgIpc) is 2.79. The summed E-state index contributed by atoms with van der Waals surface area (Å²) in [5.74, 6) is 1.88. The summed E-state index contributed by atoms with van der Waals surface area (Å²) < 4.78 is 0. The van der Waals surface area contributed by atoms with Crippen molar-refractivity contribution < 1.29 is 15.3 Å². The second-order valence-corrected chi connectivity index (χ2v) is 8.88. The van der Waals surface area contributed by atoms with Gasteiger partial charge in [-0.1, -0.05) is 19.9 Å². The molecule has 0 aromatic rings. The number of hydrogen-bond donors (Lipinski definition) is 3. The molecule has 0 radical (unpaired) electrons. The number of hydrogen-bond acceptors (Lipinski definition) is 3. The van der Waals surface area contributed by atoms with Crippen LogP contribution < -0.4 is 0 Å². The minimum absolute atomic E-state index is 0.0520. The number of aliphatic hydroxyl groups is 3. The van der Waals surface area contributed by atoms with Gasteiger partial charge in [-0.15, -0.1) is 0 Å². The molecule has 124 valence electrons. The molecule has 0 spiro atoms. The number of allylic oxidation sites excluding steroid dienone is 1. The van der Waals surface area contributed by atoms with Crippen molar-refractivity contribution in [1.29, 1.82) is 0 Å². The van der Waals surface area contributed by atoms with Crippen LogP contribution in [-0.4, -0.2) is 33.6 Å². The van der Waals surface area contributed by atoms with Crippen molar-refractivity contribution in [3.63, 3.8) is 0 Å². The van der Waals surface area contributed by atoms with E-state index in [1.165, 1.54) is 0 Å². The summed E-state index contributed by atoms with van der Waals surface area (Å²) in [6, 6.07) is 0. The van der Waals surface area contributed by atoms with Gasteiger partial charge in [0.25, 0.3) is 0 Å². The van der Waals surface area contributed by atoms with Gasteiger partial charge in [0.15, 0.2) is 0 Å². The Morgan fingerprint density at radius 1 is 0.955 bits per heavy atom. The van der Waals surface area contributed by atoms with Crippen LogP contribution in [0.1, 0.15) is 58.8 Å². The predicted molar refractivity (Wildman–Crippen MR) is 85.1 cm³/mol. The van der Waals surface area contributed by atoms with Gasteiger partial charge in [-0.3, -0.25) is 0 Å². The Labute approximate surface area is 133 Å². The van der Waals surface area contributed by atoms with Crippen LogP contribution in [0, 0.1) is 28.6 Å². The Hall–Kier alpha value is -0.380. The second kappa shape index (κ2) is 4.81. The zero-order valence-electron chi connectivity index (χ0n) is 13.8. The molecule has 0 aromatic heterocycles. The lowest BCUT2D eigenvalue weighted by atomic mass is 9.47. The summed E-state index contributed by atoms with van der Waals surface area (Å²) in [5, 5.41) is 30.9. The topological polar surface area (TPSA) is 60.7 Å². The molecule has 3 heteroatoms. The Morgan fingerprint density at radius 2 is 1.73 bits per heavy atom. The summed E-state index contributed by atoms with van der Waals surface area (Å²) >= 11 is 0. The van der Waals surface area contributed by atoms with Crippen molar-refractivity contribution in [2.45, 2.75) is 77.1 Å². The molecule has 0 unspecified atom stereocenters. The maximum atomic E-state index is 10.5.